The first kappa shape index (κ1) is 17.2. The first-order valence-electron chi connectivity index (χ1n) is 3.61. The summed E-state index contributed by atoms with van der Waals surface area (Å²) in [4.78, 5) is 10.7. The predicted octanol–water partition coefficient (Wildman–Crippen LogP) is 0.00280. The van der Waals surface area contributed by atoms with Gasteiger partial charge in [-0.25, -0.2) is 4.79 Å². The van der Waals surface area contributed by atoms with Gasteiger partial charge in [0.1, 0.15) is 0 Å². The van der Waals surface area contributed by atoms with Crippen LogP contribution in [0.2, 0.25) is 0 Å². The molecule has 0 atom stereocenters. The molecule has 0 aromatic heterocycles. The summed E-state index contributed by atoms with van der Waals surface area (Å²) in [5, 5.41) is 0. The quantitative estimate of drug-likeness (QED) is 0.243. The minimum Gasteiger partial charge on any atom is -0.462 e. The summed E-state index contributed by atoms with van der Waals surface area (Å²) in [6.07, 6.45) is 0.0812. The van der Waals surface area contributed by atoms with Crippen molar-refractivity contribution in [1.82, 2.24) is 0 Å². The third-order valence-corrected chi connectivity index (χ3v) is 1.93. The molecule has 1 N–H and O–H groups in total. The smallest absolute Gasteiger partial charge is 0.333 e. The van der Waals surface area contributed by atoms with Crippen LogP contribution in [0.5, 0.6) is 0 Å². The summed E-state index contributed by atoms with van der Waals surface area (Å²) in [5.41, 5.74) is 0.256. The third kappa shape index (κ3) is 10.8. The van der Waals surface area contributed by atoms with Gasteiger partial charge in [0.2, 0.25) is 0 Å². The molecule has 0 heterocycles. The van der Waals surface area contributed by atoms with E-state index in [2.05, 4.69) is 11.3 Å². The van der Waals surface area contributed by atoms with E-state index >= 15 is 0 Å². The van der Waals surface area contributed by atoms with Crippen molar-refractivity contribution in [3.05, 3.63) is 12.2 Å². The average Bonchev–Trinajstić information content (AvgIpc) is 1.95. The van der Waals surface area contributed by atoms with Crippen molar-refractivity contribution in [2.24, 2.45) is 0 Å². The summed E-state index contributed by atoms with van der Waals surface area (Å²) in [6, 6.07) is 0. The first-order valence-corrected chi connectivity index (χ1v) is 5.21. The molecule has 1 radical (unpaired) electrons. The number of hydrogen-bond acceptors (Lipinski definition) is 4. The van der Waals surface area contributed by atoms with Crippen molar-refractivity contribution in [1.29, 1.82) is 0 Å². The average molecular weight is 247 g/mol. The van der Waals surface area contributed by atoms with Crippen molar-refractivity contribution in [2.45, 2.75) is 13.3 Å². The molecule has 0 rings (SSSR count). The van der Waals surface area contributed by atoms with E-state index in [1.54, 1.807) is 0 Å². The molecule has 0 unspecified atom stereocenters. The molecule has 77 valence electrons. The summed E-state index contributed by atoms with van der Waals surface area (Å²) < 4.78 is 33.3. The van der Waals surface area contributed by atoms with E-state index in [-0.39, 0.29) is 70.0 Å². The zero-order chi connectivity index (χ0) is 10.5. The van der Waals surface area contributed by atoms with Crippen molar-refractivity contribution in [2.75, 3.05) is 12.4 Å². The van der Waals surface area contributed by atoms with Crippen LogP contribution in [0.4, 0.5) is 0 Å². The molecule has 0 aliphatic carbocycles. The van der Waals surface area contributed by atoms with E-state index in [4.69, 9.17) is 4.55 Å². The van der Waals surface area contributed by atoms with Gasteiger partial charge in [-0.2, -0.15) is 8.42 Å². The zero-order valence-corrected chi connectivity index (χ0v) is 12.3. The Morgan fingerprint density at radius 2 is 2.00 bits per heavy atom. The van der Waals surface area contributed by atoms with Crippen LogP contribution in [0.25, 0.3) is 0 Å². The minimum atomic E-state index is -3.96. The van der Waals surface area contributed by atoms with Crippen LogP contribution in [0, 0.1) is 0 Å². The molecular formula is C7H12KO5S. The van der Waals surface area contributed by atoms with Crippen LogP contribution in [0.15, 0.2) is 12.2 Å². The van der Waals surface area contributed by atoms with Crippen molar-refractivity contribution in [3.8, 4) is 0 Å². The van der Waals surface area contributed by atoms with Gasteiger partial charge >= 0.3 is 5.97 Å². The number of hydrogen-bond donors (Lipinski definition) is 1. The van der Waals surface area contributed by atoms with Crippen molar-refractivity contribution < 1.29 is 22.5 Å². The molecule has 0 bridgehead atoms. The molecule has 0 spiro atoms. The Balaban J connectivity index is 0. The van der Waals surface area contributed by atoms with Gasteiger partial charge in [0.15, 0.2) is 0 Å². The number of carbonyl (C=O) groups excluding carboxylic acids is 1. The Kier molecular flexibility index (Phi) is 9.77. The SMILES string of the molecule is C=C(C)C(=O)OCCCS(=O)(=O)O.[K]. The number of esters is 1. The Hall–Kier alpha value is 0.756. The van der Waals surface area contributed by atoms with Gasteiger partial charge in [-0.05, 0) is 13.3 Å². The Morgan fingerprint density at radius 3 is 2.36 bits per heavy atom. The van der Waals surface area contributed by atoms with Gasteiger partial charge in [0.05, 0.1) is 12.4 Å². The molecule has 0 amide bonds. The van der Waals surface area contributed by atoms with Crippen LogP contribution in [0.3, 0.4) is 0 Å². The topological polar surface area (TPSA) is 80.7 Å². The largest absolute Gasteiger partial charge is 0.462 e. The molecule has 14 heavy (non-hydrogen) atoms. The summed E-state index contributed by atoms with van der Waals surface area (Å²) in [5.74, 6) is -0.966. The molecule has 0 aliphatic rings. The molecule has 5 nitrogen and oxygen atoms in total. The van der Waals surface area contributed by atoms with E-state index in [1.165, 1.54) is 6.92 Å². The van der Waals surface area contributed by atoms with E-state index < -0.39 is 21.8 Å². The van der Waals surface area contributed by atoms with Crippen LogP contribution < -0.4 is 0 Å². The van der Waals surface area contributed by atoms with Crippen molar-refractivity contribution >= 4 is 67.5 Å². The molecule has 0 aliphatic heterocycles. The molecule has 7 heteroatoms. The molecule has 0 aromatic carbocycles. The molecular weight excluding hydrogens is 235 g/mol. The maximum Gasteiger partial charge on any atom is 0.333 e. The second-order valence-electron chi connectivity index (χ2n) is 2.56. The normalized spacial score (nSPS) is 10.1. The van der Waals surface area contributed by atoms with Gasteiger partial charge < -0.3 is 4.74 Å². The molecule has 0 saturated carbocycles. The molecule has 0 fully saturated rings. The van der Waals surface area contributed by atoms with E-state index in [0.29, 0.717) is 0 Å². The minimum absolute atomic E-state index is 0. The number of carbonyl (C=O) groups is 1. The van der Waals surface area contributed by atoms with E-state index in [9.17, 15) is 13.2 Å². The second kappa shape index (κ2) is 7.97. The number of ether oxygens (including phenoxy) is 1. The van der Waals surface area contributed by atoms with E-state index in [1.807, 2.05) is 0 Å². The Labute approximate surface area is 126 Å². The molecule has 0 saturated heterocycles. The fourth-order valence-electron chi connectivity index (χ4n) is 0.529. The van der Waals surface area contributed by atoms with Crippen LogP contribution in [0.1, 0.15) is 13.3 Å². The standard InChI is InChI=1S/C7H12O5S.K/c1-6(2)7(8)12-4-3-5-13(9,10)11;/h1,3-5H2,2H3,(H,9,10,11);. The van der Waals surface area contributed by atoms with Gasteiger partial charge in [0, 0.05) is 57.0 Å². The third-order valence-electron chi connectivity index (χ3n) is 1.13. The number of rotatable bonds is 5. The summed E-state index contributed by atoms with van der Waals surface area (Å²) >= 11 is 0. The fraction of sp³-hybridized carbons (Fsp3) is 0.571. The predicted molar refractivity (Wildman–Crippen MR) is 52.6 cm³/mol. The second-order valence-corrected chi connectivity index (χ2v) is 4.13. The Bertz CT molecular complexity index is 295. The monoisotopic (exact) mass is 247 g/mol. The fourth-order valence-corrected chi connectivity index (χ4v) is 1.01. The van der Waals surface area contributed by atoms with Gasteiger partial charge in [-0.3, -0.25) is 4.55 Å². The van der Waals surface area contributed by atoms with Crippen LogP contribution in [-0.4, -0.2) is 82.7 Å². The molecule has 0 aromatic rings. The maximum atomic E-state index is 10.7. The van der Waals surface area contributed by atoms with E-state index in [0.717, 1.165) is 0 Å². The summed E-state index contributed by atoms with van der Waals surface area (Å²) in [6.45, 7) is 4.80. The summed E-state index contributed by atoms with van der Waals surface area (Å²) in [7, 11) is -3.96. The van der Waals surface area contributed by atoms with Gasteiger partial charge in [-0.15, -0.1) is 0 Å². The maximum absolute atomic E-state index is 10.7. The van der Waals surface area contributed by atoms with Crippen LogP contribution in [-0.2, 0) is 19.6 Å². The first-order chi connectivity index (χ1) is 5.83. The van der Waals surface area contributed by atoms with Gasteiger partial charge in [-0.1, -0.05) is 6.58 Å². The van der Waals surface area contributed by atoms with Crippen LogP contribution >= 0.6 is 0 Å². The zero-order valence-electron chi connectivity index (χ0n) is 8.32. The Morgan fingerprint density at radius 1 is 1.50 bits per heavy atom. The van der Waals surface area contributed by atoms with Crippen molar-refractivity contribution in [3.63, 3.8) is 0 Å². The van der Waals surface area contributed by atoms with Gasteiger partial charge in [0.25, 0.3) is 10.1 Å².